The Balaban J connectivity index is 2.15. The van der Waals surface area contributed by atoms with Gasteiger partial charge in [-0.2, -0.15) is 0 Å². The first kappa shape index (κ1) is 14.9. The van der Waals surface area contributed by atoms with Crippen molar-refractivity contribution in [3.8, 4) is 11.3 Å². The highest BCUT2D eigenvalue weighted by Gasteiger charge is 2.07. The summed E-state index contributed by atoms with van der Waals surface area (Å²) in [5, 5.41) is 6.44. The molecule has 108 valence electrons. The van der Waals surface area contributed by atoms with Crippen molar-refractivity contribution >= 4 is 22.2 Å². The third kappa shape index (κ3) is 3.51. The molecule has 0 radical (unpaired) electrons. The fraction of sp³-hybridized carbons (Fsp3) is 0.438. The van der Waals surface area contributed by atoms with E-state index in [2.05, 4.69) is 72.5 Å². The molecule has 0 amide bonds. The number of hydrogen-bond donors (Lipinski definition) is 1. The predicted molar refractivity (Wildman–Crippen MR) is 89.9 cm³/mol. The van der Waals surface area contributed by atoms with Crippen LogP contribution in [0.25, 0.3) is 11.3 Å². The Kier molecular flexibility index (Phi) is 5.01. The Morgan fingerprint density at radius 1 is 1.15 bits per heavy atom. The van der Waals surface area contributed by atoms with Gasteiger partial charge >= 0.3 is 0 Å². The van der Waals surface area contributed by atoms with Crippen LogP contribution in [0.15, 0.2) is 29.6 Å². The largest absolute Gasteiger partial charge is 0.372 e. The van der Waals surface area contributed by atoms with E-state index in [0.717, 1.165) is 23.9 Å². The molecule has 0 aliphatic carbocycles. The first-order valence-corrected chi connectivity index (χ1v) is 8.09. The lowest BCUT2D eigenvalue weighted by molar-refractivity contribution is 0.866. The van der Waals surface area contributed by atoms with E-state index in [1.165, 1.54) is 11.3 Å². The lowest BCUT2D eigenvalue weighted by Gasteiger charge is -2.20. The fourth-order valence-corrected chi connectivity index (χ4v) is 3.02. The van der Waals surface area contributed by atoms with Crippen molar-refractivity contribution < 1.29 is 0 Å². The molecule has 0 saturated heterocycles. The topological polar surface area (TPSA) is 28.2 Å². The molecule has 3 nitrogen and oxygen atoms in total. The average Bonchev–Trinajstić information content (AvgIpc) is 2.88. The molecular formula is C16H23N3S. The van der Waals surface area contributed by atoms with Crippen LogP contribution in [-0.4, -0.2) is 24.1 Å². The van der Waals surface area contributed by atoms with Crippen LogP contribution >= 0.6 is 11.3 Å². The van der Waals surface area contributed by atoms with E-state index in [4.69, 9.17) is 0 Å². The van der Waals surface area contributed by atoms with Gasteiger partial charge in [-0.25, -0.2) is 4.98 Å². The molecule has 4 heteroatoms. The summed E-state index contributed by atoms with van der Waals surface area (Å²) in [5.41, 5.74) is 3.49. The SMILES string of the molecule is CCN(CC)c1ccc(-c2csc(NC(C)C)n2)cc1. The van der Waals surface area contributed by atoms with Gasteiger partial charge in [0.1, 0.15) is 0 Å². The summed E-state index contributed by atoms with van der Waals surface area (Å²) >= 11 is 1.66. The Labute approximate surface area is 125 Å². The monoisotopic (exact) mass is 289 g/mol. The van der Waals surface area contributed by atoms with Gasteiger partial charge in [-0.1, -0.05) is 12.1 Å². The Hall–Kier alpha value is -1.55. The number of rotatable bonds is 6. The first-order chi connectivity index (χ1) is 9.63. The van der Waals surface area contributed by atoms with Crippen molar-refractivity contribution in [2.75, 3.05) is 23.3 Å². The van der Waals surface area contributed by atoms with E-state index >= 15 is 0 Å². The molecule has 0 unspecified atom stereocenters. The maximum absolute atomic E-state index is 4.63. The summed E-state index contributed by atoms with van der Waals surface area (Å²) in [5.74, 6) is 0. The normalized spacial score (nSPS) is 10.8. The minimum absolute atomic E-state index is 0.416. The molecule has 0 aliphatic rings. The summed E-state index contributed by atoms with van der Waals surface area (Å²) in [6, 6.07) is 9.08. The highest BCUT2D eigenvalue weighted by atomic mass is 32.1. The van der Waals surface area contributed by atoms with Gasteiger partial charge in [-0.05, 0) is 39.8 Å². The zero-order valence-electron chi connectivity index (χ0n) is 12.7. The van der Waals surface area contributed by atoms with Crippen LogP contribution in [0.3, 0.4) is 0 Å². The number of aromatic nitrogens is 1. The molecule has 0 fully saturated rings. The van der Waals surface area contributed by atoms with E-state index in [0.29, 0.717) is 6.04 Å². The van der Waals surface area contributed by atoms with Crippen molar-refractivity contribution in [2.24, 2.45) is 0 Å². The number of hydrogen-bond acceptors (Lipinski definition) is 4. The van der Waals surface area contributed by atoms with Crippen LogP contribution in [0.4, 0.5) is 10.8 Å². The molecule has 0 saturated carbocycles. The smallest absolute Gasteiger partial charge is 0.183 e. The summed E-state index contributed by atoms with van der Waals surface area (Å²) < 4.78 is 0. The second-order valence-electron chi connectivity index (χ2n) is 5.06. The molecule has 1 heterocycles. The minimum Gasteiger partial charge on any atom is -0.372 e. The number of nitrogens with zero attached hydrogens (tertiary/aromatic N) is 2. The minimum atomic E-state index is 0.416. The molecule has 1 aromatic carbocycles. The summed E-state index contributed by atoms with van der Waals surface area (Å²) in [7, 11) is 0. The van der Waals surface area contributed by atoms with Crippen LogP contribution in [0.2, 0.25) is 0 Å². The van der Waals surface area contributed by atoms with Crippen LogP contribution in [0.5, 0.6) is 0 Å². The molecule has 0 spiro atoms. The van der Waals surface area contributed by atoms with Crippen molar-refractivity contribution in [2.45, 2.75) is 33.7 Å². The third-order valence-corrected chi connectivity index (χ3v) is 3.98. The second kappa shape index (κ2) is 6.75. The number of nitrogens with one attached hydrogen (secondary N) is 1. The van der Waals surface area contributed by atoms with Crippen molar-refractivity contribution in [1.82, 2.24) is 4.98 Å². The summed E-state index contributed by atoms with van der Waals surface area (Å²) in [6.45, 7) is 10.7. The van der Waals surface area contributed by atoms with Crippen molar-refractivity contribution in [3.63, 3.8) is 0 Å². The van der Waals surface area contributed by atoms with Gasteiger partial charge in [0.25, 0.3) is 0 Å². The lowest BCUT2D eigenvalue weighted by Crippen LogP contribution is -2.21. The summed E-state index contributed by atoms with van der Waals surface area (Å²) in [4.78, 5) is 6.97. The van der Waals surface area contributed by atoms with Gasteiger partial charge in [0, 0.05) is 35.8 Å². The van der Waals surface area contributed by atoms with Crippen molar-refractivity contribution in [1.29, 1.82) is 0 Å². The van der Waals surface area contributed by atoms with E-state index < -0.39 is 0 Å². The van der Waals surface area contributed by atoms with E-state index in [1.54, 1.807) is 11.3 Å². The molecule has 2 aromatic rings. The number of benzene rings is 1. The van der Waals surface area contributed by atoms with Gasteiger partial charge in [-0.15, -0.1) is 11.3 Å². The van der Waals surface area contributed by atoms with E-state index in [-0.39, 0.29) is 0 Å². The van der Waals surface area contributed by atoms with Crippen LogP contribution in [0, 0.1) is 0 Å². The highest BCUT2D eigenvalue weighted by Crippen LogP contribution is 2.27. The van der Waals surface area contributed by atoms with Gasteiger partial charge in [-0.3, -0.25) is 0 Å². The molecule has 0 bridgehead atoms. The third-order valence-electron chi connectivity index (χ3n) is 3.21. The van der Waals surface area contributed by atoms with Gasteiger partial charge in [0.05, 0.1) is 5.69 Å². The van der Waals surface area contributed by atoms with Gasteiger partial charge in [0.15, 0.2) is 5.13 Å². The second-order valence-corrected chi connectivity index (χ2v) is 5.91. The highest BCUT2D eigenvalue weighted by molar-refractivity contribution is 7.14. The van der Waals surface area contributed by atoms with Crippen LogP contribution < -0.4 is 10.2 Å². The molecule has 20 heavy (non-hydrogen) atoms. The molecule has 0 atom stereocenters. The van der Waals surface area contributed by atoms with Crippen LogP contribution in [0.1, 0.15) is 27.7 Å². The Morgan fingerprint density at radius 2 is 1.80 bits per heavy atom. The first-order valence-electron chi connectivity index (χ1n) is 7.21. The number of anilines is 2. The molecule has 1 aromatic heterocycles. The fourth-order valence-electron chi connectivity index (χ4n) is 2.15. The van der Waals surface area contributed by atoms with E-state index in [1.807, 2.05) is 0 Å². The zero-order chi connectivity index (χ0) is 14.5. The molecule has 2 rings (SSSR count). The summed E-state index contributed by atoms with van der Waals surface area (Å²) in [6.07, 6.45) is 0. The Morgan fingerprint density at radius 3 is 2.35 bits per heavy atom. The van der Waals surface area contributed by atoms with E-state index in [9.17, 15) is 0 Å². The van der Waals surface area contributed by atoms with Gasteiger partial charge in [0.2, 0.25) is 0 Å². The average molecular weight is 289 g/mol. The number of thiazole rings is 1. The quantitative estimate of drug-likeness (QED) is 0.850. The lowest BCUT2D eigenvalue weighted by atomic mass is 10.1. The van der Waals surface area contributed by atoms with Crippen LogP contribution in [-0.2, 0) is 0 Å². The standard InChI is InChI=1S/C16H23N3S/c1-5-19(6-2)14-9-7-13(8-10-14)15-11-20-16(18-15)17-12(3)4/h7-12H,5-6H2,1-4H3,(H,17,18). The van der Waals surface area contributed by atoms with Crippen molar-refractivity contribution in [3.05, 3.63) is 29.6 Å². The zero-order valence-corrected chi connectivity index (χ0v) is 13.5. The molecule has 1 N–H and O–H groups in total. The molecular weight excluding hydrogens is 266 g/mol. The maximum Gasteiger partial charge on any atom is 0.183 e. The maximum atomic E-state index is 4.63. The predicted octanol–water partition coefficient (Wildman–Crippen LogP) is 4.48. The Bertz CT molecular complexity index is 527. The molecule has 0 aliphatic heterocycles. The van der Waals surface area contributed by atoms with Gasteiger partial charge < -0.3 is 10.2 Å².